The van der Waals surface area contributed by atoms with E-state index in [4.69, 9.17) is 0 Å². The molecule has 17 heavy (non-hydrogen) atoms. The molecule has 0 atom stereocenters. The molecule has 0 N–H and O–H groups in total. The van der Waals surface area contributed by atoms with Gasteiger partial charge in [0.15, 0.2) is 0 Å². The average Bonchev–Trinajstić information content (AvgIpc) is 2.71. The second-order valence-corrected chi connectivity index (χ2v) is 4.06. The SMILES string of the molecule is COC(=O)CCN(C)C(=O)CN1CCCC1=O. The molecule has 0 bridgehead atoms. The van der Waals surface area contributed by atoms with Crippen molar-refractivity contribution >= 4 is 17.8 Å². The van der Waals surface area contributed by atoms with Crippen LogP contribution in [0, 0.1) is 0 Å². The van der Waals surface area contributed by atoms with Crippen molar-refractivity contribution in [3.8, 4) is 0 Å². The van der Waals surface area contributed by atoms with Gasteiger partial charge in [-0.1, -0.05) is 0 Å². The van der Waals surface area contributed by atoms with E-state index < -0.39 is 0 Å². The van der Waals surface area contributed by atoms with E-state index >= 15 is 0 Å². The number of hydrogen-bond acceptors (Lipinski definition) is 4. The van der Waals surface area contributed by atoms with Crippen LogP contribution in [0.2, 0.25) is 0 Å². The summed E-state index contributed by atoms with van der Waals surface area (Å²) in [5, 5.41) is 0. The normalized spacial score (nSPS) is 14.9. The van der Waals surface area contributed by atoms with Gasteiger partial charge in [0.1, 0.15) is 0 Å². The van der Waals surface area contributed by atoms with Gasteiger partial charge in [0, 0.05) is 26.6 Å². The highest BCUT2D eigenvalue weighted by Gasteiger charge is 2.23. The van der Waals surface area contributed by atoms with E-state index in [1.807, 2.05) is 0 Å². The van der Waals surface area contributed by atoms with Crippen LogP contribution >= 0.6 is 0 Å². The largest absolute Gasteiger partial charge is 0.469 e. The van der Waals surface area contributed by atoms with E-state index in [0.29, 0.717) is 19.5 Å². The molecule has 1 rings (SSSR count). The van der Waals surface area contributed by atoms with Gasteiger partial charge < -0.3 is 14.5 Å². The van der Waals surface area contributed by atoms with E-state index in [1.165, 1.54) is 12.0 Å². The topological polar surface area (TPSA) is 66.9 Å². The minimum atomic E-state index is -0.345. The summed E-state index contributed by atoms with van der Waals surface area (Å²) in [5.41, 5.74) is 0. The fraction of sp³-hybridized carbons (Fsp3) is 0.727. The van der Waals surface area contributed by atoms with Gasteiger partial charge in [-0.25, -0.2) is 0 Å². The van der Waals surface area contributed by atoms with Crippen molar-refractivity contribution in [1.29, 1.82) is 0 Å². The summed E-state index contributed by atoms with van der Waals surface area (Å²) in [6, 6.07) is 0. The number of carbonyl (C=O) groups excluding carboxylic acids is 3. The number of rotatable bonds is 5. The van der Waals surface area contributed by atoms with Crippen LogP contribution in [0.5, 0.6) is 0 Å². The minimum Gasteiger partial charge on any atom is -0.469 e. The van der Waals surface area contributed by atoms with E-state index in [0.717, 1.165) is 6.42 Å². The van der Waals surface area contributed by atoms with E-state index in [2.05, 4.69) is 4.74 Å². The third kappa shape index (κ3) is 4.05. The third-order valence-electron chi connectivity index (χ3n) is 2.80. The molecular formula is C11H18N2O4. The molecule has 0 radical (unpaired) electrons. The molecule has 6 heteroatoms. The second kappa shape index (κ2) is 6.22. The molecule has 1 aliphatic heterocycles. The fourth-order valence-corrected chi connectivity index (χ4v) is 1.64. The minimum absolute atomic E-state index is 0.0275. The molecule has 2 amide bonds. The van der Waals surface area contributed by atoms with Crippen LogP contribution in [-0.2, 0) is 19.1 Å². The van der Waals surface area contributed by atoms with Crippen LogP contribution in [0.15, 0.2) is 0 Å². The molecule has 1 saturated heterocycles. The first-order valence-electron chi connectivity index (χ1n) is 5.63. The summed E-state index contributed by atoms with van der Waals surface area (Å²) in [6.45, 7) is 1.07. The Hall–Kier alpha value is -1.59. The van der Waals surface area contributed by atoms with Gasteiger partial charge in [-0.15, -0.1) is 0 Å². The lowest BCUT2D eigenvalue weighted by atomic mass is 10.3. The number of methoxy groups -OCH3 is 1. The summed E-state index contributed by atoms with van der Waals surface area (Å²) < 4.78 is 4.49. The van der Waals surface area contributed by atoms with Crippen LogP contribution in [0.1, 0.15) is 19.3 Å². The van der Waals surface area contributed by atoms with Crippen molar-refractivity contribution in [3.05, 3.63) is 0 Å². The first-order valence-corrected chi connectivity index (χ1v) is 5.63. The number of amides is 2. The van der Waals surface area contributed by atoms with Gasteiger partial charge in [0.2, 0.25) is 11.8 Å². The van der Waals surface area contributed by atoms with Crippen LogP contribution < -0.4 is 0 Å². The van der Waals surface area contributed by atoms with Crippen molar-refractivity contribution in [2.24, 2.45) is 0 Å². The van der Waals surface area contributed by atoms with E-state index in [9.17, 15) is 14.4 Å². The zero-order valence-corrected chi connectivity index (χ0v) is 10.3. The maximum absolute atomic E-state index is 11.7. The van der Waals surface area contributed by atoms with Crippen LogP contribution in [0.3, 0.4) is 0 Å². The molecule has 0 aromatic heterocycles. The lowest BCUT2D eigenvalue weighted by Gasteiger charge is -2.21. The lowest BCUT2D eigenvalue weighted by Crippen LogP contribution is -2.39. The predicted octanol–water partition coefficient (Wildman–Crippen LogP) is -0.370. The molecule has 96 valence electrons. The maximum Gasteiger partial charge on any atom is 0.307 e. The first-order chi connectivity index (χ1) is 8.04. The Bertz CT molecular complexity index is 317. The number of likely N-dealkylation sites (N-methyl/N-ethyl adjacent to an activating group) is 1. The number of carbonyl (C=O) groups is 3. The van der Waals surface area contributed by atoms with E-state index in [1.54, 1.807) is 11.9 Å². The molecule has 0 aromatic carbocycles. The number of ether oxygens (including phenoxy) is 1. The van der Waals surface area contributed by atoms with Crippen molar-refractivity contribution in [2.75, 3.05) is 33.8 Å². The van der Waals surface area contributed by atoms with Gasteiger partial charge >= 0.3 is 5.97 Å². The zero-order chi connectivity index (χ0) is 12.8. The maximum atomic E-state index is 11.7. The van der Waals surface area contributed by atoms with Gasteiger partial charge in [-0.05, 0) is 6.42 Å². The molecule has 1 aliphatic rings. The summed E-state index contributed by atoms with van der Waals surface area (Å²) in [7, 11) is 2.93. The monoisotopic (exact) mass is 242 g/mol. The molecule has 1 heterocycles. The lowest BCUT2D eigenvalue weighted by molar-refractivity contribution is -0.142. The van der Waals surface area contributed by atoms with Gasteiger partial charge in [0.25, 0.3) is 0 Å². The Morgan fingerprint density at radius 2 is 2.18 bits per heavy atom. The Balaban J connectivity index is 2.31. The van der Waals surface area contributed by atoms with Crippen LogP contribution in [0.4, 0.5) is 0 Å². The standard InChI is InChI=1S/C11H18N2O4/c1-12(7-5-11(16)17-2)10(15)8-13-6-3-4-9(13)14/h3-8H2,1-2H3. The average molecular weight is 242 g/mol. The second-order valence-electron chi connectivity index (χ2n) is 4.06. The first kappa shape index (κ1) is 13.5. The number of esters is 1. The molecule has 0 aliphatic carbocycles. The van der Waals surface area contributed by atoms with Gasteiger partial charge in [0.05, 0.1) is 20.1 Å². The number of nitrogens with zero attached hydrogens (tertiary/aromatic N) is 2. The molecule has 0 unspecified atom stereocenters. The summed E-state index contributed by atoms with van der Waals surface area (Å²) >= 11 is 0. The molecule has 0 saturated carbocycles. The van der Waals surface area contributed by atoms with E-state index in [-0.39, 0.29) is 30.7 Å². The summed E-state index contributed by atoms with van der Waals surface area (Å²) in [4.78, 5) is 37.0. The van der Waals surface area contributed by atoms with Crippen molar-refractivity contribution < 1.29 is 19.1 Å². The quantitative estimate of drug-likeness (QED) is 0.617. The molecule has 6 nitrogen and oxygen atoms in total. The highest BCUT2D eigenvalue weighted by Crippen LogP contribution is 2.09. The third-order valence-corrected chi connectivity index (χ3v) is 2.80. The smallest absolute Gasteiger partial charge is 0.307 e. The van der Waals surface area contributed by atoms with Crippen LogP contribution in [0.25, 0.3) is 0 Å². The Morgan fingerprint density at radius 3 is 2.71 bits per heavy atom. The molecule has 0 aromatic rings. The zero-order valence-electron chi connectivity index (χ0n) is 10.3. The number of likely N-dealkylation sites (tertiary alicyclic amines) is 1. The Labute approximate surface area is 101 Å². The highest BCUT2D eigenvalue weighted by atomic mass is 16.5. The predicted molar refractivity (Wildman–Crippen MR) is 60.1 cm³/mol. The molecule has 0 spiro atoms. The number of hydrogen-bond donors (Lipinski definition) is 0. The van der Waals surface area contributed by atoms with Crippen molar-refractivity contribution in [3.63, 3.8) is 0 Å². The summed E-state index contributed by atoms with van der Waals surface area (Å²) in [5.74, 6) is -0.467. The Morgan fingerprint density at radius 1 is 1.47 bits per heavy atom. The van der Waals surface area contributed by atoms with Crippen molar-refractivity contribution in [1.82, 2.24) is 9.80 Å². The summed E-state index contributed by atoms with van der Waals surface area (Å²) in [6.07, 6.45) is 1.52. The highest BCUT2D eigenvalue weighted by molar-refractivity contribution is 5.86. The molecule has 1 fully saturated rings. The van der Waals surface area contributed by atoms with Crippen LogP contribution in [-0.4, -0.2) is 61.4 Å². The van der Waals surface area contributed by atoms with Crippen molar-refractivity contribution in [2.45, 2.75) is 19.3 Å². The Kier molecular flexibility index (Phi) is 4.93. The fourth-order valence-electron chi connectivity index (χ4n) is 1.64. The van der Waals surface area contributed by atoms with Gasteiger partial charge in [-0.2, -0.15) is 0 Å². The van der Waals surface area contributed by atoms with Gasteiger partial charge in [-0.3, -0.25) is 14.4 Å². The molecular weight excluding hydrogens is 224 g/mol.